The molecule has 0 radical (unpaired) electrons. The largest absolute Gasteiger partial charge is 0.311 e. The summed E-state index contributed by atoms with van der Waals surface area (Å²) in [7, 11) is 0. The van der Waals surface area contributed by atoms with E-state index in [1.807, 2.05) is 0 Å². The van der Waals surface area contributed by atoms with Gasteiger partial charge in [-0.2, -0.15) is 0 Å². The van der Waals surface area contributed by atoms with Gasteiger partial charge < -0.3 is 5.32 Å². The summed E-state index contributed by atoms with van der Waals surface area (Å²) in [6.07, 6.45) is 10.2. The van der Waals surface area contributed by atoms with Crippen LogP contribution in [0.2, 0.25) is 0 Å². The zero-order valence-corrected chi connectivity index (χ0v) is 11.3. The van der Waals surface area contributed by atoms with E-state index in [0.29, 0.717) is 0 Å². The summed E-state index contributed by atoms with van der Waals surface area (Å²) in [5.74, 6) is 2.76. The molecule has 0 bridgehead atoms. The minimum Gasteiger partial charge on any atom is -0.311 e. The van der Waals surface area contributed by atoms with Crippen LogP contribution in [-0.2, 0) is 0 Å². The number of hydrogen-bond acceptors (Lipinski definition) is 1. The van der Waals surface area contributed by atoms with Crippen LogP contribution in [0.25, 0.3) is 0 Å². The minimum atomic E-state index is 0.762. The van der Waals surface area contributed by atoms with Crippen molar-refractivity contribution in [3.8, 4) is 0 Å². The standard InChI is InChI=1S/C15H29N/c1-11(2)14-9-4-5-10-15(14)16-12(3)13-7-6-8-13/h11-16H,4-10H2,1-3H3. The maximum Gasteiger partial charge on any atom is 0.0100 e. The quantitative estimate of drug-likeness (QED) is 0.760. The molecule has 94 valence electrons. The van der Waals surface area contributed by atoms with E-state index in [2.05, 4.69) is 26.1 Å². The van der Waals surface area contributed by atoms with Gasteiger partial charge in [0.15, 0.2) is 0 Å². The molecule has 0 aromatic rings. The van der Waals surface area contributed by atoms with Crippen LogP contribution in [-0.4, -0.2) is 12.1 Å². The van der Waals surface area contributed by atoms with Crippen LogP contribution >= 0.6 is 0 Å². The predicted molar refractivity (Wildman–Crippen MR) is 70.5 cm³/mol. The van der Waals surface area contributed by atoms with Crippen molar-refractivity contribution in [2.75, 3.05) is 0 Å². The average Bonchev–Trinajstić information content (AvgIpc) is 2.15. The van der Waals surface area contributed by atoms with Crippen molar-refractivity contribution in [1.82, 2.24) is 5.32 Å². The second-order valence-corrected chi connectivity index (χ2v) is 6.45. The normalized spacial score (nSPS) is 33.8. The zero-order chi connectivity index (χ0) is 11.5. The lowest BCUT2D eigenvalue weighted by atomic mass is 9.75. The van der Waals surface area contributed by atoms with Gasteiger partial charge in [-0.15, -0.1) is 0 Å². The Morgan fingerprint density at radius 3 is 2.12 bits per heavy atom. The fraction of sp³-hybridized carbons (Fsp3) is 1.00. The van der Waals surface area contributed by atoms with Crippen molar-refractivity contribution in [2.45, 2.75) is 77.8 Å². The Hall–Kier alpha value is -0.0400. The third-order valence-electron chi connectivity index (χ3n) is 5.01. The molecule has 2 saturated carbocycles. The molecule has 2 aliphatic rings. The first-order valence-electron chi connectivity index (χ1n) is 7.44. The summed E-state index contributed by atoms with van der Waals surface area (Å²) in [6, 6.07) is 1.57. The van der Waals surface area contributed by atoms with Gasteiger partial charge in [0.05, 0.1) is 0 Å². The van der Waals surface area contributed by atoms with Gasteiger partial charge in [-0.3, -0.25) is 0 Å². The van der Waals surface area contributed by atoms with E-state index < -0.39 is 0 Å². The van der Waals surface area contributed by atoms with Gasteiger partial charge in [-0.1, -0.05) is 33.1 Å². The lowest BCUT2D eigenvalue weighted by Gasteiger charge is -2.40. The number of rotatable bonds is 4. The van der Waals surface area contributed by atoms with Crippen molar-refractivity contribution in [2.24, 2.45) is 17.8 Å². The second-order valence-electron chi connectivity index (χ2n) is 6.45. The summed E-state index contributed by atoms with van der Waals surface area (Å²) in [5.41, 5.74) is 0. The Morgan fingerprint density at radius 2 is 1.56 bits per heavy atom. The van der Waals surface area contributed by atoms with Crippen molar-refractivity contribution < 1.29 is 0 Å². The third kappa shape index (κ3) is 2.80. The fourth-order valence-corrected chi connectivity index (χ4v) is 3.58. The molecule has 1 nitrogen and oxygen atoms in total. The third-order valence-corrected chi connectivity index (χ3v) is 5.01. The van der Waals surface area contributed by atoms with Crippen molar-refractivity contribution in [1.29, 1.82) is 0 Å². The molecule has 3 unspecified atom stereocenters. The van der Waals surface area contributed by atoms with Gasteiger partial charge in [0, 0.05) is 12.1 Å². The van der Waals surface area contributed by atoms with Crippen LogP contribution in [0.15, 0.2) is 0 Å². The van der Waals surface area contributed by atoms with E-state index in [-0.39, 0.29) is 0 Å². The molecule has 0 spiro atoms. The average molecular weight is 223 g/mol. The monoisotopic (exact) mass is 223 g/mol. The maximum atomic E-state index is 3.95. The van der Waals surface area contributed by atoms with Gasteiger partial charge in [0.25, 0.3) is 0 Å². The Morgan fingerprint density at radius 1 is 0.875 bits per heavy atom. The van der Waals surface area contributed by atoms with Crippen LogP contribution in [0, 0.1) is 17.8 Å². The molecular formula is C15H29N. The molecule has 0 saturated heterocycles. The lowest BCUT2D eigenvalue weighted by molar-refractivity contribution is 0.156. The van der Waals surface area contributed by atoms with Crippen LogP contribution in [0.3, 0.4) is 0 Å². The molecule has 2 fully saturated rings. The molecule has 2 rings (SSSR count). The maximum absolute atomic E-state index is 3.95. The molecule has 2 aliphatic carbocycles. The van der Waals surface area contributed by atoms with Gasteiger partial charge >= 0.3 is 0 Å². The Labute approximate surface area is 101 Å². The summed E-state index contributed by atoms with van der Waals surface area (Å²) in [5, 5.41) is 3.95. The first-order valence-corrected chi connectivity index (χ1v) is 7.44. The number of hydrogen-bond donors (Lipinski definition) is 1. The molecule has 0 aliphatic heterocycles. The van der Waals surface area contributed by atoms with Crippen molar-refractivity contribution in [3.63, 3.8) is 0 Å². The summed E-state index contributed by atoms with van der Waals surface area (Å²) < 4.78 is 0. The van der Waals surface area contributed by atoms with Crippen molar-refractivity contribution in [3.05, 3.63) is 0 Å². The zero-order valence-electron chi connectivity index (χ0n) is 11.3. The smallest absolute Gasteiger partial charge is 0.0100 e. The Kier molecular flexibility index (Phi) is 4.29. The van der Waals surface area contributed by atoms with Crippen LogP contribution in [0.5, 0.6) is 0 Å². The van der Waals surface area contributed by atoms with E-state index in [1.165, 1.54) is 44.9 Å². The van der Waals surface area contributed by atoms with Gasteiger partial charge in [0.2, 0.25) is 0 Å². The fourth-order valence-electron chi connectivity index (χ4n) is 3.58. The van der Waals surface area contributed by atoms with E-state index in [9.17, 15) is 0 Å². The molecule has 3 atom stereocenters. The van der Waals surface area contributed by atoms with Crippen molar-refractivity contribution >= 4 is 0 Å². The van der Waals surface area contributed by atoms with Crippen LogP contribution in [0.4, 0.5) is 0 Å². The predicted octanol–water partition coefficient (Wildman–Crippen LogP) is 3.98. The highest BCUT2D eigenvalue weighted by Crippen LogP contribution is 2.33. The second kappa shape index (κ2) is 5.53. The molecule has 1 heteroatoms. The summed E-state index contributed by atoms with van der Waals surface area (Å²) in [4.78, 5) is 0. The van der Waals surface area contributed by atoms with E-state index in [0.717, 1.165) is 29.8 Å². The van der Waals surface area contributed by atoms with E-state index in [1.54, 1.807) is 0 Å². The van der Waals surface area contributed by atoms with Gasteiger partial charge in [-0.05, 0) is 50.4 Å². The molecule has 16 heavy (non-hydrogen) atoms. The Balaban J connectivity index is 1.84. The first kappa shape index (κ1) is 12.4. The number of nitrogens with one attached hydrogen (secondary N) is 1. The molecule has 0 aromatic carbocycles. The summed E-state index contributed by atoms with van der Waals surface area (Å²) in [6.45, 7) is 7.22. The lowest BCUT2D eigenvalue weighted by Crippen LogP contribution is -2.48. The van der Waals surface area contributed by atoms with Gasteiger partial charge in [-0.25, -0.2) is 0 Å². The topological polar surface area (TPSA) is 12.0 Å². The minimum absolute atomic E-state index is 0.762. The van der Waals surface area contributed by atoms with Gasteiger partial charge in [0.1, 0.15) is 0 Å². The first-order chi connectivity index (χ1) is 7.68. The molecule has 0 heterocycles. The van der Waals surface area contributed by atoms with E-state index in [4.69, 9.17) is 0 Å². The highest BCUT2D eigenvalue weighted by Gasteiger charge is 2.31. The SMILES string of the molecule is CC(C)C1CCCCC1NC(C)C1CCC1. The summed E-state index contributed by atoms with van der Waals surface area (Å²) >= 11 is 0. The highest BCUT2D eigenvalue weighted by atomic mass is 15.0. The molecule has 0 amide bonds. The Bertz CT molecular complexity index is 207. The van der Waals surface area contributed by atoms with Crippen LogP contribution in [0.1, 0.15) is 65.7 Å². The molecular weight excluding hydrogens is 194 g/mol. The molecule has 0 aromatic heterocycles. The van der Waals surface area contributed by atoms with Crippen LogP contribution < -0.4 is 5.32 Å². The van der Waals surface area contributed by atoms with E-state index >= 15 is 0 Å². The highest BCUT2D eigenvalue weighted by molar-refractivity contribution is 4.88. The molecule has 1 N–H and O–H groups in total.